The first-order valence-electron chi connectivity index (χ1n) is 3.82. The van der Waals surface area contributed by atoms with Gasteiger partial charge in [-0.15, -0.1) is 0 Å². The third kappa shape index (κ3) is 2.79. The summed E-state index contributed by atoms with van der Waals surface area (Å²) in [7, 11) is 0. The molecule has 0 fully saturated rings. The Kier molecular flexibility index (Phi) is 3.01. The number of hydrogen-bond acceptors (Lipinski definition) is 5. The molecule has 0 radical (unpaired) electrons. The van der Waals surface area contributed by atoms with Crippen LogP contribution in [0.4, 0.5) is 5.88 Å². The summed E-state index contributed by atoms with van der Waals surface area (Å²) >= 11 is 0. The van der Waals surface area contributed by atoms with Crippen LogP contribution >= 0.6 is 0 Å². The van der Waals surface area contributed by atoms with E-state index in [9.17, 15) is 19.7 Å². The Balaban J connectivity index is 2.66. The van der Waals surface area contributed by atoms with E-state index in [1.807, 2.05) is 10.9 Å². The molecule has 0 atom stereocenters. The Morgan fingerprint density at radius 1 is 1.40 bits per heavy atom. The smallest absolute Gasteiger partial charge is 0.395 e. The number of amides is 2. The lowest BCUT2D eigenvalue weighted by atomic mass is 10.4. The van der Waals surface area contributed by atoms with E-state index >= 15 is 0 Å². The predicted octanol–water partition coefficient (Wildman–Crippen LogP) is -0.0313. The minimum absolute atomic E-state index is 0.254. The van der Waals surface area contributed by atoms with E-state index in [0.29, 0.717) is 0 Å². The molecule has 80 valence electrons. The Hall–Kier alpha value is -2.38. The largest absolute Gasteiger partial charge is 0.433 e. The summed E-state index contributed by atoms with van der Waals surface area (Å²) in [5, 5.41) is 10.2. The topological polar surface area (TPSA) is 114 Å². The number of carbonyl (C=O) groups excluding carboxylic acids is 2. The second kappa shape index (κ2) is 4.22. The summed E-state index contributed by atoms with van der Waals surface area (Å²) in [6.07, 6.45) is 0. The second-order valence-electron chi connectivity index (χ2n) is 2.53. The van der Waals surface area contributed by atoms with E-state index in [2.05, 4.69) is 4.42 Å². The van der Waals surface area contributed by atoms with Gasteiger partial charge in [0.15, 0.2) is 0 Å². The molecule has 0 unspecified atom stereocenters. The number of carbonyl (C=O) groups is 2. The number of rotatable bonds is 2. The molecule has 8 heteroatoms. The highest BCUT2D eigenvalue weighted by Gasteiger charge is 2.16. The third-order valence-electron chi connectivity index (χ3n) is 1.35. The molecule has 2 N–H and O–H groups in total. The third-order valence-corrected chi connectivity index (χ3v) is 1.35. The molecule has 1 rings (SSSR count). The lowest BCUT2D eigenvalue weighted by Crippen LogP contribution is -2.40. The Labute approximate surface area is 83.4 Å². The zero-order chi connectivity index (χ0) is 11.4. The van der Waals surface area contributed by atoms with Gasteiger partial charge in [-0.25, -0.2) is 0 Å². The van der Waals surface area contributed by atoms with Crippen LogP contribution in [0, 0.1) is 10.1 Å². The second-order valence-corrected chi connectivity index (χ2v) is 2.53. The first-order chi connectivity index (χ1) is 7.00. The van der Waals surface area contributed by atoms with Crippen LogP contribution < -0.4 is 10.9 Å². The highest BCUT2D eigenvalue weighted by atomic mass is 16.6. The Morgan fingerprint density at radius 2 is 2.07 bits per heavy atom. The van der Waals surface area contributed by atoms with Gasteiger partial charge in [0.25, 0.3) is 0 Å². The van der Waals surface area contributed by atoms with Crippen molar-refractivity contribution >= 4 is 17.7 Å². The van der Waals surface area contributed by atoms with Crippen LogP contribution in [0.3, 0.4) is 0 Å². The van der Waals surface area contributed by atoms with Gasteiger partial charge in [0.05, 0.1) is 6.07 Å². The minimum Gasteiger partial charge on any atom is -0.395 e. The van der Waals surface area contributed by atoms with Crippen LogP contribution in [0.5, 0.6) is 0 Å². The number of nitrogens with one attached hydrogen (secondary N) is 2. The molecule has 0 aliphatic heterocycles. The highest BCUT2D eigenvalue weighted by Crippen LogP contribution is 2.14. The van der Waals surface area contributed by atoms with Crippen molar-refractivity contribution in [3.63, 3.8) is 0 Å². The molecule has 1 aromatic rings. The van der Waals surface area contributed by atoms with Crippen molar-refractivity contribution < 1.29 is 18.9 Å². The quantitative estimate of drug-likeness (QED) is 0.528. The summed E-state index contributed by atoms with van der Waals surface area (Å²) in [6, 6.07) is 2.18. The molecule has 2 amide bonds. The molecule has 0 aliphatic rings. The minimum atomic E-state index is -0.769. The van der Waals surface area contributed by atoms with Gasteiger partial charge >= 0.3 is 11.8 Å². The van der Waals surface area contributed by atoms with Crippen LogP contribution in [0.15, 0.2) is 16.5 Å². The average Bonchev–Trinajstić information content (AvgIpc) is 2.62. The van der Waals surface area contributed by atoms with Crippen molar-refractivity contribution in [2.45, 2.75) is 6.92 Å². The van der Waals surface area contributed by atoms with Crippen LogP contribution in [0.2, 0.25) is 0 Å². The molecule has 0 spiro atoms. The lowest BCUT2D eigenvalue weighted by Gasteiger charge is -2.00. The maximum absolute atomic E-state index is 11.1. The first kappa shape index (κ1) is 10.7. The maximum atomic E-state index is 11.1. The van der Waals surface area contributed by atoms with Crippen LogP contribution in [-0.2, 0) is 4.79 Å². The monoisotopic (exact) mass is 213 g/mol. The Morgan fingerprint density at radius 3 is 2.53 bits per heavy atom. The van der Waals surface area contributed by atoms with E-state index < -0.39 is 22.6 Å². The van der Waals surface area contributed by atoms with Gasteiger partial charge in [-0.05, 0) is 6.07 Å². The fraction of sp³-hybridized carbons (Fsp3) is 0.143. The van der Waals surface area contributed by atoms with Crippen molar-refractivity contribution in [3.05, 3.63) is 28.0 Å². The molecule has 0 saturated carbocycles. The highest BCUT2D eigenvalue weighted by molar-refractivity contribution is 5.92. The van der Waals surface area contributed by atoms with Crippen molar-refractivity contribution in [2.24, 2.45) is 0 Å². The van der Waals surface area contributed by atoms with Gasteiger partial charge in [-0.1, -0.05) is 0 Å². The van der Waals surface area contributed by atoms with E-state index in [4.69, 9.17) is 0 Å². The zero-order valence-corrected chi connectivity index (χ0v) is 7.64. The standard InChI is InChI=1S/C7H7N3O5/c1-4(11)8-9-7(12)5-2-3-6(15-5)10(13)14/h2-3H,1H3,(H,8,11)(H,9,12). The SMILES string of the molecule is CC(=O)NNC(=O)c1ccc([N+](=O)[O-])o1. The van der Waals surface area contributed by atoms with Crippen molar-refractivity contribution in [3.8, 4) is 0 Å². The molecule has 8 nitrogen and oxygen atoms in total. The summed E-state index contributed by atoms with van der Waals surface area (Å²) in [5.41, 5.74) is 4.01. The summed E-state index contributed by atoms with van der Waals surface area (Å²) in [4.78, 5) is 31.0. The zero-order valence-electron chi connectivity index (χ0n) is 7.64. The molecule has 1 aromatic heterocycles. The van der Waals surface area contributed by atoms with Gasteiger partial charge in [-0.2, -0.15) is 0 Å². The van der Waals surface area contributed by atoms with Crippen LogP contribution in [0.25, 0.3) is 0 Å². The lowest BCUT2D eigenvalue weighted by molar-refractivity contribution is -0.402. The number of nitrogens with zero attached hydrogens (tertiary/aromatic N) is 1. The molecule has 1 heterocycles. The maximum Gasteiger partial charge on any atom is 0.433 e. The van der Waals surface area contributed by atoms with Gasteiger partial charge in [0.1, 0.15) is 4.92 Å². The number of furan rings is 1. The van der Waals surface area contributed by atoms with Crippen molar-refractivity contribution in [1.29, 1.82) is 0 Å². The Bertz CT molecular complexity index is 411. The summed E-state index contributed by atoms with van der Waals surface area (Å²) in [5.74, 6) is -2.03. The van der Waals surface area contributed by atoms with Gasteiger partial charge in [0, 0.05) is 6.92 Å². The number of hydrazine groups is 1. The van der Waals surface area contributed by atoms with E-state index in [1.165, 1.54) is 6.92 Å². The molecular weight excluding hydrogens is 206 g/mol. The normalized spacial score (nSPS) is 9.40. The van der Waals surface area contributed by atoms with Crippen LogP contribution in [0.1, 0.15) is 17.5 Å². The molecule has 15 heavy (non-hydrogen) atoms. The average molecular weight is 213 g/mol. The van der Waals surface area contributed by atoms with Crippen LogP contribution in [-0.4, -0.2) is 16.7 Å². The fourth-order valence-corrected chi connectivity index (χ4v) is 0.754. The molecular formula is C7H7N3O5. The van der Waals surface area contributed by atoms with Gasteiger partial charge in [-0.3, -0.25) is 30.6 Å². The van der Waals surface area contributed by atoms with Crippen molar-refractivity contribution in [2.75, 3.05) is 0 Å². The summed E-state index contributed by atoms with van der Waals surface area (Å²) in [6.45, 7) is 1.20. The molecule has 0 bridgehead atoms. The molecule has 0 aliphatic carbocycles. The number of hydrogen-bond donors (Lipinski definition) is 2. The fourth-order valence-electron chi connectivity index (χ4n) is 0.754. The summed E-state index contributed by atoms with van der Waals surface area (Å²) < 4.78 is 4.58. The van der Waals surface area contributed by atoms with Crippen molar-refractivity contribution in [1.82, 2.24) is 10.9 Å². The number of nitro groups is 1. The molecule has 0 aromatic carbocycles. The van der Waals surface area contributed by atoms with Gasteiger partial charge in [0.2, 0.25) is 11.7 Å². The first-order valence-corrected chi connectivity index (χ1v) is 3.82. The molecule has 0 saturated heterocycles. The predicted molar refractivity (Wildman–Crippen MR) is 46.6 cm³/mol. The van der Waals surface area contributed by atoms with E-state index in [1.54, 1.807) is 0 Å². The van der Waals surface area contributed by atoms with E-state index in [-0.39, 0.29) is 5.76 Å². The van der Waals surface area contributed by atoms with E-state index in [0.717, 1.165) is 12.1 Å². The van der Waals surface area contributed by atoms with Gasteiger partial charge < -0.3 is 4.42 Å².